The molecule has 1 aliphatic carbocycles. The molecular weight excluding hydrogens is 390 g/mol. The maximum absolute atomic E-state index is 12.1. The Hall–Kier alpha value is -2.61. The highest BCUT2D eigenvalue weighted by Crippen LogP contribution is 2.28. The standard InChI is InChI=1S/C20H26ClN7O/c21-12-15-27-17-18(16-14(26-19(17)22)8-4-9-23-16)28(15)11-5-10-24-20(29)25-13-6-2-1-3-7-13/h4,8-9,13H,1-3,5-7,10-12H2,(H2,22,26)(H2,24,25,29). The number of hydrogen-bond donors (Lipinski definition) is 3. The summed E-state index contributed by atoms with van der Waals surface area (Å²) in [4.78, 5) is 25.6. The Kier molecular flexibility index (Phi) is 5.99. The number of nitrogens with zero attached hydrogens (tertiary/aromatic N) is 4. The summed E-state index contributed by atoms with van der Waals surface area (Å²) in [6, 6.07) is 3.92. The van der Waals surface area contributed by atoms with Gasteiger partial charge < -0.3 is 20.9 Å². The van der Waals surface area contributed by atoms with Crippen molar-refractivity contribution in [2.24, 2.45) is 0 Å². The number of carbonyl (C=O) groups is 1. The summed E-state index contributed by atoms with van der Waals surface area (Å²) in [5.74, 6) is 1.36. The quantitative estimate of drug-likeness (QED) is 0.422. The summed E-state index contributed by atoms with van der Waals surface area (Å²) in [5.41, 5.74) is 9.06. The van der Waals surface area contributed by atoms with Crippen molar-refractivity contribution in [2.45, 2.75) is 57.0 Å². The third-order valence-corrected chi connectivity index (χ3v) is 5.68. The second-order valence-electron chi connectivity index (χ2n) is 7.47. The number of nitrogens with two attached hydrogens (primary N) is 1. The smallest absolute Gasteiger partial charge is 0.315 e. The second-order valence-corrected chi connectivity index (χ2v) is 7.73. The number of hydrogen-bond acceptors (Lipinski definition) is 5. The van der Waals surface area contributed by atoms with Crippen molar-refractivity contribution < 1.29 is 4.79 Å². The molecule has 0 radical (unpaired) electrons. The molecule has 4 rings (SSSR count). The van der Waals surface area contributed by atoms with Gasteiger partial charge in [0.2, 0.25) is 0 Å². The summed E-state index contributed by atoms with van der Waals surface area (Å²) >= 11 is 6.13. The largest absolute Gasteiger partial charge is 0.382 e. The minimum Gasteiger partial charge on any atom is -0.382 e. The molecule has 0 unspecified atom stereocenters. The molecule has 3 aromatic rings. The summed E-state index contributed by atoms with van der Waals surface area (Å²) in [6.45, 7) is 1.21. The van der Waals surface area contributed by atoms with Crippen molar-refractivity contribution in [2.75, 3.05) is 12.3 Å². The molecular formula is C20H26ClN7O. The highest BCUT2D eigenvalue weighted by atomic mass is 35.5. The fourth-order valence-electron chi connectivity index (χ4n) is 4.04. The molecule has 0 saturated heterocycles. The highest BCUT2D eigenvalue weighted by molar-refractivity contribution is 6.17. The Balaban J connectivity index is 1.45. The van der Waals surface area contributed by atoms with E-state index in [1.54, 1.807) is 6.20 Å². The molecule has 1 aliphatic rings. The number of carbonyl (C=O) groups excluding carboxylic acids is 1. The van der Waals surface area contributed by atoms with Crippen molar-refractivity contribution in [1.29, 1.82) is 0 Å². The summed E-state index contributed by atoms with van der Waals surface area (Å²) in [6.07, 6.45) is 8.27. The third-order valence-electron chi connectivity index (χ3n) is 5.44. The van der Waals surface area contributed by atoms with E-state index in [1.807, 2.05) is 16.7 Å². The Labute approximate surface area is 174 Å². The highest BCUT2D eigenvalue weighted by Gasteiger charge is 2.18. The molecule has 3 heterocycles. The minimum absolute atomic E-state index is 0.0921. The summed E-state index contributed by atoms with van der Waals surface area (Å²) < 4.78 is 2.04. The summed E-state index contributed by atoms with van der Waals surface area (Å²) in [7, 11) is 0. The molecule has 0 aliphatic heterocycles. The lowest BCUT2D eigenvalue weighted by molar-refractivity contribution is 0.232. The third kappa shape index (κ3) is 4.22. The van der Waals surface area contributed by atoms with E-state index < -0.39 is 0 Å². The first kappa shape index (κ1) is 19.7. The number of aryl methyl sites for hydroxylation is 1. The van der Waals surface area contributed by atoms with Gasteiger partial charge in [-0.15, -0.1) is 11.6 Å². The van der Waals surface area contributed by atoms with E-state index in [-0.39, 0.29) is 11.9 Å². The lowest BCUT2D eigenvalue weighted by Gasteiger charge is -2.22. The zero-order valence-electron chi connectivity index (χ0n) is 16.3. The molecule has 0 aromatic carbocycles. The second kappa shape index (κ2) is 8.82. The molecule has 0 bridgehead atoms. The number of alkyl halides is 1. The first-order valence-corrected chi connectivity index (χ1v) is 10.7. The Morgan fingerprint density at radius 3 is 2.86 bits per heavy atom. The fourth-order valence-corrected chi connectivity index (χ4v) is 4.24. The van der Waals surface area contributed by atoms with Crippen molar-refractivity contribution in [3.05, 3.63) is 24.2 Å². The van der Waals surface area contributed by atoms with Gasteiger partial charge in [-0.1, -0.05) is 19.3 Å². The predicted molar refractivity (Wildman–Crippen MR) is 115 cm³/mol. The van der Waals surface area contributed by atoms with E-state index >= 15 is 0 Å². The van der Waals surface area contributed by atoms with E-state index in [0.29, 0.717) is 30.5 Å². The molecule has 9 heteroatoms. The molecule has 1 saturated carbocycles. The Morgan fingerprint density at radius 1 is 1.24 bits per heavy atom. The van der Waals surface area contributed by atoms with Crippen LogP contribution in [-0.4, -0.2) is 38.1 Å². The van der Waals surface area contributed by atoms with Crippen LogP contribution in [0.15, 0.2) is 18.3 Å². The number of nitrogen functional groups attached to an aromatic ring is 1. The lowest BCUT2D eigenvalue weighted by Crippen LogP contribution is -2.43. The van der Waals surface area contributed by atoms with E-state index in [9.17, 15) is 4.79 Å². The molecule has 0 spiro atoms. The van der Waals surface area contributed by atoms with Gasteiger partial charge in [0.05, 0.1) is 11.4 Å². The van der Waals surface area contributed by atoms with Crippen LogP contribution in [0.5, 0.6) is 0 Å². The predicted octanol–water partition coefficient (Wildman–Crippen LogP) is 3.32. The topological polar surface area (TPSA) is 111 Å². The van der Waals surface area contributed by atoms with E-state index in [2.05, 4.69) is 25.6 Å². The number of fused-ring (bicyclic) bond motifs is 3. The molecule has 4 N–H and O–H groups in total. The number of amides is 2. The van der Waals surface area contributed by atoms with Crippen LogP contribution in [0.4, 0.5) is 10.6 Å². The van der Waals surface area contributed by atoms with Gasteiger partial charge in [0, 0.05) is 25.3 Å². The normalized spacial score (nSPS) is 15.1. The molecule has 2 amide bonds. The SMILES string of the molecule is Nc1nc2cccnc2c2c1nc(CCl)n2CCCNC(=O)NC1CCCCC1. The van der Waals surface area contributed by atoms with Crippen molar-refractivity contribution in [3.63, 3.8) is 0 Å². The van der Waals surface area contributed by atoms with Gasteiger partial charge in [0.1, 0.15) is 22.4 Å². The van der Waals surface area contributed by atoms with Crippen LogP contribution in [0.2, 0.25) is 0 Å². The van der Waals surface area contributed by atoms with Gasteiger partial charge in [-0.05, 0) is 31.4 Å². The van der Waals surface area contributed by atoms with E-state index in [0.717, 1.165) is 41.6 Å². The molecule has 0 atom stereocenters. The number of urea groups is 1. The zero-order chi connectivity index (χ0) is 20.2. The van der Waals surface area contributed by atoms with Gasteiger partial charge in [-0.2, -0.15) is 0 Å². The van der Waals surface area contributed by atoms with Crippen LogP contribution < -0.4 is 16.4 Å². The van der Waals surface area contributed by atoms with Crippen LogP contribution in [0, 0.1) is 0 Å². The molecule has 29 heavy (non-hydrogen) atoms. The molecule has 8 nitrogen and oxygen atoms in total. The first-order chi connectivity index (χ1) is 14.2. The van der Waals surface area contributed by atoms with Crippen molar-refractivity contribution in [1.82, 2.24) is 30.2 Å². The monoisotopic (exact) mass is 415 g/mol. The average molecular weight is 416 g/mol. The van der Waals surface area contributed by atoms with Gasteiger partial charge >= 0.3 is 6.03 Å². The van der Waals surface area contributed by atoms with Crippen LogP contribution in [0.25, 0.3) is 22.1 Å². The number of imidazole rings is 1. The lowest BCUT2D eigenvalue weighted by atomic mass is 9.96. The van der Waals surface area contributed by atoms with Gasteiger partial charge in [0.15, 0.2) is 5.82 Å². The first-order valence-electron chi connectivity index (χ1n) is 10.2. The number of halogens is 1. The van der Waals surface area contributed by atoms with Crippen LogP contribution >= 0.6 is 11.6 Å². The van der Waals surface area contributed by atoms with Crippen molar-refractivity contribution >= 4 is 45.5 Å². The number of pyridine rings is 2. The van der Waals surface area contributed by atoms with Gasteiger partial charge in [-0.25, -0.2) is 14.8 Å². The maximum atomic E-state index is 12.1. The average Bonchev–Trinajstić information content (AvgIpc) is 3.11. The van der Waals surface area contributed by atoms with Crippen molar-refractivity contribution in [3.8, 4) is 0 Å². The van der Waals surface area contributed by atoms with Gasteiger partial charge in [-0.3, -0.25) is 4.98 Å². The number of nitrogens with one attached hydrogen (secondary N) is 2. The Morgan fingerprint density at radius 2 is 2.07 bits per heavy atom. The van der Waals surface area contributed by atoms with E-state index in [1.165, 1.54) is 19.3 Å². The maximum Gasteiger partial charge on any atom is 0.315 e. The van der Waals surface area contributed by atoms with Crippen LogP contribution in [0.3, 0.4) is 0 Å². The number of anilines is 1. The van der Waals surface area contributed by atoms with Crippen LogP contribution in [-0.2, 0) is 12.4 Å². The zero-order valence-corrected chi connectivity index (χ0v) is 17.1. The molecule has 3 aromatic heterocycles. The fraction of sp³-hybridized carbons (Fsp3) is 0.500. The minimum atomic E-state index is -0.0921. The van der Waals surface area contributed by atoms with E-state index in [4.69, 9.17) is 17.3 Å². The Bertz CT molecular complexity index is 1010. The number of aromatic nitrogens is 4. The molecule has 1 fully saturated rings. The number of rotatable bonds is 6. The molecule has 154 valence electrons. The van der Waals surface area contributed by atoms with Gasteiger partial charge in [0.25, 0.3) is 0 Å². The van der Waals surface area contributed by atoms with Crippen LogP contribution in [0.1, 0.15) is 44.3 Å². The summed E-state index contributed by atoms with van der Waals surface area (Å²) in [5, 5.41) is 6.03.